The molecule has 0 aliphatic carbocycles. The fourth-order valence-electron chi connectivity index (χ4n) is 1.47. The van der Waals surface area contributed by atoms with E-state index >= 15 is 0 Å². The lowest BCUT2D eigenvalue weighted by Crippen LogP contribution is -2.13. The molecule has 0 bridgehead atoms. The minimum absolute atomic E-state index is 0.0788. The fraction of sp³-hybridized carbons (Fsp3) is 0.444. The van der Waals surface area contributed by atoms with Gasteiger partial charge in [-0.25, -0.2) is 0 Å². The maximum Gasteiger partial charge on any atom is 0.234 e. The lowest BCUT2D eigenvalue weighted by Gasteiger charge is -2.17. The van der Waals surface area contributed by atoms with Crippen LogP contribution in [0.4, 0.5) is 0 Å². The molecule has 0 aliphatic rings. The number of hydrogen-bond donors (Lipinski definition) is 1. The summed E-state index contributed by atoms with van der Waals surface area (Å²) in [5, 5.41) is 11.6. The molecule has 2 aromatic rings. The first-order chi connectivity index (χ1) is 6.00. The average Bonchev–Trinajstić information content (AvgIpc) is 2.41. The molecule has 0 atom stereocenters. The Morgan fingerprint density at radius 1 is 1.46 bits per heavy atom. The molecule has 0 aromatic carbocycles. The van der Waals surface area contributed by atoms with E-state index in [1.807, 2.05) is 16.0 Å². The number of nitrogens with zero attached hydrogens (tertiary/aromatic N) is 2. The van der Waals surface area contributed by atoms with E-state index in [-0.39, 0.29) is 11.3 Å². The van der Waals surface area contributed by atoms with Crippen LogP contribution in [0.5, 0.6) is 5.88 Å². The molecule has 70 valence electrons. The van der Waals surface area contributed by atoms with E-state index in [1.54, 1.807) is 0 Å². The number of thiazole rings is 1. The van der Waals surface area contributed by atoms with Crippen LogP contribution in [0.25, 0.3) is 4.96 Å². The third-order valence-electron chi connectivity index (χ3n) is 1.95. The smallest absolute Gasteiger partial charge is 0.234 e. The summed E-state index contributed by atoms with van der Waals surface area (Å²) in [7, 11) is 0. The summed E-state index contributed by atoms with van der Waals surface area (Å²) in [6, 6.07) is 0. The van der Waals surface area contributed by atoms with Crippen molar-refractivity contribution in [2.24, 2.45) is 0 Å². The van der Waals surface area contributed by atoms with Gasteiger partial charge in [-0.1, -0.05) is 20.8 Å². The van der Waals surface area contributed by atoms with Crippen LogP contribution in [0.15, 0.2) is 11.6 Å². The number of hydrogen-bond acceptors (Lipinski definition) is 3. The quantitative estimate of drug-likeness (QED) is 0.702. The zero-order chi connectivity index (χ0) is 9.64. The highest BCUT2D eigenvalue weighted by Crippen LogP contribution is 2.32. The van der Waals surface area contributed by atoms with Gasteiger partial charge >= 0.3 is 0 Å². The van der Waals surface area contributed by atoms with Gasteiger partial charge < -0.3 is 5.11 Å². The topological polar surface area (TPSA) is 37.5 Å². The Bertz CT molecular complexity index is 436. The second kappa shape index (κ2) is 2.48. The van der Waals surface area contributed by atoms with Gasteiger partial charge in [0.15, 0.2) is 4.96 Å². The first-order valence-corrected chi connectivity index (χ1v) is 5.03. The number of aromatic nitrogens is 2. The van der Waals surface area contributed by atoms with E-state index in [9.17, 15) is 5.11 Å². The van der Waals surface area contributed by atoms with Crippen molar-refractivity contribution >= 4 is 16.3 Å². The van der Waals surface area contributed by atoms with Crippen molar-refractivity contribution < 1.29 is 5.11 Å². The highest BCUT2D eigenvalue weighted by molar-refractivity contribution is 7.15. The zero-order valence-electron chi connectivity index (χ0n) is 7.90. The minimum Gasteiger partial charge on any atom is -0.492 e. The molecule has 0 unspecified atom stereocenters. The summed E-state index contributed by atoms with van der Waals surface area (Å²) in [6.45, 7) is 6.19. The molecular weight excluding hydrogens is 184 g/mol. The van der Waals surface area contributed by atoms with Crippen LogP contribution in [0.2, 0.25) is 0 Å². The van der Waals surface area contributed by atoms with Crippen molar-refractivity contribution in [2.45, 2.75) is 26.2 Å². The highest BCUT2D eigenvalue weighted by atomic mass is 32.1. The third kappa shape index (κ3) is 1.21. The Balaban J connectivity index is 2.78. The first-order valence-electron chi connectivity index (χ1n) is 4.15. The SMILES string of the molecule is CC(C)(C)c1c(O)nc2sccn12. The fourth-order valence-corrected chi connectivity index (χ4v) is 2.18. The van der Waals surface area contributed by atoms with Crippen molar-refractivity contribution in [1.82, 2.24) is 9.38 Å². The molecule has 0 aliphatic heterocycles. The van der Waals surface area contributed by atoms with Gasteiger partial charge in [0.25, 0.3) is 0 Å². The third-order valence-corrected chi connectivity index (χ3v) is 2.71. The van der Waals surface area contributed by atoms with Gasteiger partial charge in [-0.3, -0.25) is 4.40 Å². The number of fused-ring (bicyclic) bond motifs is 1. The summed E-state index contributed by atoms with van der Waals surface area (Å²) < 4.78 is 1.94. The van der Waals surface area contributed by atoms with E-state index in [4.69, 9.17) is 0 Å². The molecule has 0 saturated carbocycles. The van der Waals surface area contributed by atoms with Crippen molar-refractivity contribution in [3.05, 3.63) is 17.3 Å². The van der Waals surface area contributed by atoms with E-state index in [0.29, 0.717) is 0 Å². The Labute approximate surface area is 80.7 Å². The molecule has 2 rings (SSSR count). The van der Waals surface area contributed by atoms with E-state index in [2.05, 4.69) is 25.8 Å². The molecule has 0 fully saturated rings. The summed E-state index contributed by atoms with van der Waals surface area (Å²) in [5.74, 6) is 0.152. The van der Waals surface area contributed by atoms with Crippen LogP contribution in [-0.4, -0.2) is 14.5 Å². The molecule has 0 amide bonds. The second-order valence-corrected chi connectivity index (χ2v) is 4.96. The van der Waals surface area contributed by atoms with Crippen LogP contribution in [-0.2, 0) is 5.41 Å². The molecule has 4 heteroatoms. The molecule has 0 spiro atoms. The normalized spacial score (nSPS) is 12.5. The Kier molecular flexibility index (Phi) is 1.63. The standard InChI is InChI=1S/C9H12N2OS/c1-9(2,3)6-7(12)10-8-11(6)4-5-13-8/h4-5,12H,1-3H3. The Morgan fingerprint density at radius 2 is 2.15 bits per heavy atom. The van der Waals surface area contributed by atoms with Gasteiger partial charge in [-0.2, -0.15) is 4.98 Å². The Morgan fingerprint density at radius 3 is 2.77 bits per heavy atom. The van der Waals surface area contributed by atoms with Gasteiger partial charge in [0, 0.05) is 17.0 Å². The number of rotatable bonds is 0. The molecule has 0 saturated heterocycles. The van der Waals surface area contributed by atoms with E-state index in [0.717, 1.165) is 10.7 Å². The largest absolute Gasteiger partial charge is 0.492 e. The molecule has 2 heterocycles. The lowest BCUT2D eigenvalue weighted by molar-refractivity contribution is 0.426. The summed E-state index contributed by atoms with van der Waals surface area (Å²) in [6.07, 6.45) is 1.94. The van der Waals surface area contributed by atoms with Gasteiger partial charge in [0.05, 0.1) is 5.69 Å². The van der Waals surface area contributed by atoms with Crippen molar-refractivity contribution in [3.8, 4) is 5.88 Å². The van der Waals surface area contributed by atoms with Gasteiger partial charge in [-0.05, 0) is 0 Å². The first kappa shape index (κ1) is 8.56. The molecule has 0 radical (unpaired) electrons. The molecular formula is C9H12N2OS. The molecule has 13 heavy (non-hydrogen) atoms. The van der Waals surface area contributed by atoms with Crippen LogP contribution in [0, 0.1) is 0 Å². The molecule has 1 N–H and O–H groups in total. The van der Waals surface area contributed by atoms with E-state index < -0.39 is 0 Å². The van der Waals surface area contributed by atoms with Gasteiger partial charge in [-0.15, -0.1) is 11.3 Å². The van der Waals surface area contributed by atoms with Crippen molar-refractivity contribution in [2.75, 3.05) is 0 Å². The van der Waals surface area contributed by atoms with Crippen molar-refractivity contribution in [1.29, 1.82) is 0 Å². The monoisotopic (exact) mass is 196 g/mol. The Hall–Kier alpha value is -1.03. The molecule has 3 nitrogen and oxygen atoms in total. The van der Waals surface area contributed by atoms with E-state index in [1.165, 1.54) is 11.3 Å². The summed E-state index contributed by atoms with van der Waals surface area (Å²) in [5.41, 5.74) is 0.800. The average molecular weight is 196 g/mol. The predicted octanol–water partition coefficient (Wildman–Crippen LogP) is 2.40. The number of aromatic hydroxyl groups is 1. The van der Waals surface area contributed by atoms with Crippen molar-refractivity contribution in [3.63, 3.8) is 0 Å². The van der Waals surface area contributed by atoms with Crippen LogP contribution >= 0.6 is 11.3 Å². The minimum atomic E-state index is -0.0788. The van der Waals surface area contributed by atoms with Gasteiger partial charge in [0.2, 0.25) is 5.88 Å². The van der Waals surface area contributed by atoms with Crippen LogP contribution in [0.1, 0.15) is 26.5 Å². The predicted molar refractivity (Wildman–Crippen MR) is 53.4 cm³/mol. The zero-order valence-corrected chi connectivity index (χ0v) is 8.72. The maximum absolute atomic E-state index is 9.63. The second-order valence-electron chi connectivity index (χ2n) is 4.09. The highest BCUT2D eigenvalue weighted by Gasteiger charge is 2.24. The number of imidazole rings is 1. The lowest BCUT2D eigenvalue weighted by atomic mass is 9.92. The maximum atomic E-state index is 9.63. The summed E-state index contributed by atoms with van der Waals surface area (Å²) >= 11 is 1.53. The van der Waals surface area contributed by atoms with Crippen LogP contribution in [0.3, 0.4) is 0 Å². The van der Waals surface area contributed by atoms with Crippen LogP contribution < -0.4 is 0 Å². The molecule has 2 aromatic heterocycles. The van der Waals surface area contributed by atoms with Gasteiger partial charge in [0.1, 0.15) is 0 Å². The summed E-state index contributed by atoms with van der Waals surface area (Å²) in [4.78, 5) is 4.93.